The molecule has 2 aromatic carbocycles. The van der Waals surface area contributed by atoms with Gasteiger partial charge in [0.05, 0.1) is 0 Å². The highest BCUT2D eigenvalue weighted by Crippen LogP contribution is 2.34. The van der Waals surface area contributed by atoms with E-state index in [2.05, 4.69) is 58.8 Å². The number of aryl methyl sites for hydroxylation is 1. The van der Waals surface area contributed by atoms with Gasteiger partial charge in [0, 0.05) is 28.5 Å². The first-order valence-corrected chi connectivity index (χ1v) is 12.2. The summed E-state index contributed by atoms with van der Waals surface area (Å²) in [5.41, 5.74) is 5.35. The average molecular weight is 433 g/mol. The van der Waals surface area contributed by atoms with E-state index < -0.39 is 0 Å². The molecule has 32 heavy (non-hydrogen) atoms. The van der Waals surface area contributed by atoms with Crippen LogP contribution in [-0.2, 0) is 6.42 Å². The number of fused-ring (bicyclic) bond motifs is 1. The van der Waals surface area contributed by atoms with Crippen molar-refractivity contribution in [1.82, 2.24) is 9.88 Å². The van der Waals surface area contributed by atoms with Crippen molar-refractivity contribution >= 4 is 28.3 Å². The van der Waals surface area contributed by atoms with Crippen molar-refractivity contribution in [2.24, 2.45) is 0 Å². The number of H-pyrrole nitrogens is 1. The predicted octanol–water partition coefficient (Wildman–Crippen LogP) is 6.74. The lowest BCUT2D eigenvalue weighted by Gasteiger charge is -2.32. The second kappa shape index (κ2) is 10.7. The first-order chi connectivity index (χ1) is 15.7. The molecule has 1 aliphatic heterocycles. The molecule has 1 aliphatic rings. The summed E-state index contributed by atoms with van der Waals surface area (Å²) in [6.07, 6.45) is 9.44. The Hall–Kier alpha value is -2.79. The minimum absolute atomic E-state index is 0.213. The monoisotopic (exact) mass is 432 g/mol. The zero-order chi connectivity index (χ0) is 22.3. The number of urea groups is 1. The van der Waals surface area contributed by atoms with Crippen LogP contribution in [0.2, 0.25) is 0 Å². The van der Waals surface area contributed by atoms with Gasteiger partial charge in [-0.25, -0.2) is 4.79 Å². The van der Waals surface area contributed by atoms with Crippen molar-refractivity contribution < 1.29 is 4.79 Å². The number of likely N-dealkylation sites (tertiary alicyclic amines) is 1. The normalized spacial score (nSPS) is 15.2. The van der Waals surface area contributed by atoms with Gasteiger partial charge in [-0.2, -0.15) is 0 Å². The molecule has 2 amide bonds. The van der Waals surface area contributed by atoms with Crippen LogP contribution in [0.4, 0.5) is 16.2 Å². The maximum absolute atomic E-state index is 12.6. The van der Waals surface area contributed by atoms with Crippen molar-refractivity contribution in [3.8, 4) is 0 Å². The standard InChI is InChI=1S/C27H36N4O/c1-3-5-6-14-31-15-12-21(13-16-31)25-19-28-26-11-10-23(18-24(25)26)30-27(32)29-22-9-7-8-20(4-2)17-22/h7-11,17-19,21,28H,3-6,12-16H2,1-2H3,(H2,29,30,32). The number of piperidine rings is 1. The van der Waals surface area contributed by atoms with Gasteiger partial charge in [0.1, 0.15) is 0 Å². The van der Waals surface area contributed by atoms with Gasteiger partial charge in [-0.15, -0.1) is 0 Å². The van der Waals surface area contributed by atoms with Crippen LogP contribution in [0.1, 0.15) is 63.0 Å². The van der Waals surface area contributed by atoms with Gasteiger partial charge in [-0.1, -0.05) is 38.8 Å². The Balaban J connectivity index is 1.40. The number of nitrogens with zero attached hydrogens (tertiary/aromatic N) is 1. The Morgan fingerprint density at radius 2 is 1.81 bits per heavy atom. The van der Waals surface area contributed by atoms with Gasteiger partial charge in [0.2, 0.25) is 0 Å². The van der Waals surface area contributed by atoms with Crippen molar-refractivity contribution in [3.05, 3.63) is 59.8 Å². The summed E-state index contributed by atoms with van der Waals surface area (Å²) in [4.78, 5) is 18.6. The molecule has 3 N–H and O–H groups in total. The molecule has 2 heterocycles. The Bertz CT molecular complexity index is 1030. The van der Waals surface area contributed by atoms with Gasteiger partial charge in [0.25, 0.3) is 0 Å². The minimum atomic E-state index is -0.213. The summed E-state index contributed by atoms with van der Waals surface area (Å²) in [6, 6.07) is 13.9. The fourth-order valence-electron chi connectivity index (χ4n) is 4.77. The largest absolute Gasteiger partial charge is 0.361 e. The summed E-state index contributed by atoms with van der Waals surface area (Å²) in [5, 5.41) is 7.17. The van der Waals surface area contributed by atoms with Crippen LogP contribution in [-0.4, -0.2) is 35.5 Å². The number of carbonyl (C=O) groups is 1. The smallest absolute Gasteiger partial charge is 0.323 e. The first kappa shape index (κ1) is 22.4. The maximum atomic E-state index is 12.6. The number of aromatic nitrogens is 1. The van der Waals surface area contributed by atoms with Crippen LogP contribution in [0.3, 0.4) is 0 Å². The van der Waals surface area contributed by atoms with Crippen molar-refractivity contribution in [2.45, 2.75) is 58.3 Å². The second-order valence-corrected chi connectivity index (χ2v) is 8.96. The van der Waals surface area contributed by atoms with E-state index >= 15 is 0 Å². The molecule has 4 rings (SSSR count). The van der Waals surface area contributed by atoms with Crippen molar-refractivity contribution in [1.29, 1.82) is 0 Å². The molecule has 0 spiro atoms. The van der Waals surface area contributed by atoms with Gasteiger partial charge in [-0.05, 0) is 92.7 Å². The van der Waals surface area contributed by atoms with E-state index in [0.29, 0.717) is 5.92 Å². The fourth-order valence-corrected chi connectivity index (χ4v) is 4.77. The van der Waals surface area contributed by atoms with Crippen LogP contribution < -0.4 is 10.6 Å². The maximum Gasteiger partial charge on any atom is 0.323 e. The lowest BCUT2D eigenvalue weighted by atomic mass is 9.89. The molecule has 5 nitrogen and oxygen atoms in total. The third-order valence-electron chi connectivity index (χ3n) is 6.67. The Labute approximate surface area is 191 Å². The number of hydrogen-bond donors (Lipinski definition) is 3. The molecule has 0 aliphatic carbocycles. The SMILES string of the molecule is CCCCCN1CCC(c2c[nH]c3ccc(NC(=O)Nc4cccc(CC)c4)cc23)CC1. The predicted molar refractivity (Wildman–Crippen MR) is 135 cm³/mol. The number of nitrogens with one attached hydrogen (secondary N) is 3. The lowest BCUT2D eigenvalue weighted by molar-refractivity contribution is 0.209. The minimum Gasteiger partial charge on any atom is -0.361 e. The molecule has 1 aromatic heterocycles. The highest BCUT2D eigenvalue weighted by atomic mass is 16.2. The quantitative estimate of drug-likeness (QED) is 0.345. The van der Waals surface area contributed by atoms with Gasteiger partial charge in [-0.3, -0.25) is 0 Å². The van der Waals surface area contributed by atoms with E-state index in [1.54, 1.807) is 0 Å². The van der Waals surface area contributed by atoms with Crippen molar-refractivity contribution in [2.75, 3.05) is 30.3 Å². The number of carbonyl (C=O) groups excluding carboxylic acids is 1. The van der Waals surface area contributed by atoms with E-state index in [0.717, 1.165) is 23.3 Å². The molecule has 0 atom stereocenters. The van der Waals surface area contributed by atoms with Crippen LogP contribution >= 0.6 is 0 Å². The van der Waals surface area contributed by atoms with E-state index in [-0.39, 0.29) is 6.03 Å². The molecule has 0 unspecified atom stereocenters. The number of amides is 2. The van der Waals surface area contributed by atoms with Crippen LogP contribution in [0.25, 0.3) is 10.9 Å². The number of rotatable bonds is 8. The van der Waals surface area contributed by atoms with Gasteiger partial charge >= 0.3 is 6.03 Å². The summed E-state index contributed by atoms with van der Waals surface area (Å²) in [6.45, 7) is 7.97. The molecule has 0 bridgehead atoms. The Kier molecular flexibility index (Phi) is 7.48. The molecule has 170 valence electrons. The molecule has 1 saturated heterocycles. The van der Waals surface area contributed by atoms with E-state index in [4.69, 9.17) is 0 Å². The van der Waals surface area contributed by atoms with Crippen LogP contribution in [0.15, 0.2) is 48.7 Å². The van der Waals surface area contributed by atoms with E-state index in [9.17, 15) is 4.79 Å². The fraction of sp³-hybridized carbons (Fsp3) is 0.444. The molecule has 0 radical (unpaired) electrons. The second-order valence-electron chi connectivity index (χ2n) is 8.96. The number of unbranched alkanes of at least 4 members (excludes halogenated alkanes) is 2. The lowest BCUT2D eigenvalue weighted by Crippen LogP contribution is -2.33. The summed E-state index contributed by atoms with van der Waals surface area (Å²) >= 11 is 0. The van der Waals surface area contributed by atoms with E-state index in [1.165, 1.54) is 68.3 Å². The topological polar surface area (TPSA) is 60.2 Å². The molecule has 1 fully saturated rings. The number of hydrogen-bond acceptors (Lipinski definition) is 2. The van der Waals surface area contributed by atoms with Crippen molar-refractivity contribution in [3.63, 3.8) is 0 Å². The third kappa shape index (κ3) is 5.52. The van der Waals surface area contributed by atoms with E-state index in [1.807, 2.05) is 24.3 Å². The van der Waals surface area contributed by atoms with Gasteiger partial charge < -0.3 is 20.5 Å². The molecule has 0 saturated carbocycles. The summed E-state index contributed by atoms with van der Waals surface area (Å²) < 4.78 is 0. The zero-order valence-corrected chi connectivity index (χ0v) is 19.4. The average Bonchev–Trinajstić information content (AvgIpc) is 3.23. The zero-order valence-electron chi connectivity index (χ0n) is 19.4. The highest BCUT2D eigenvalue weighted by molar-refractivity contribution is 6.01. The molecular weight excluding hydrogens is 396 g/mol. The number of benzene rings is 2. The molecule has 5 heteroatoms. The Morgan fingerprint density at radius 1 is 1.03 bits per heavy atom. The number of anilines is 2. The highest BCUT2D eigenvalue weighted by Gasteiger charge is 2.22. The summed E-state index contributed by atoms with van der Waals surface area (Å²) in [5.74, 6) is 0.576. The number of aromatic amines is 1. The summed E-state index contributed by atoms with van der Waals surface area (Å²) in [7, 11) is 0. The van der Waals surface area contributed by atoms with Crippen LogP contribution in [0, 0.1) is 0 Å². The van der Waals surface area contributed by atoms with Gasteiger partial charge in [0.15, 0.2) is 0 Å². The van der Waals surface area contributed by atoms with Crippen LogP contribution in [0.5, 0.6) is 0 Å². The molecule has 3 aromatic rings. The first-order valence-electron chi connectivity index (χ1n) is 12.2. The molecular formula is C27H36N4O. The Morgan fingerprint density at radius 3 is 2.56 bits per heavy atom. The third-order valence-corrected chi connectivity index (χ3v) is 6.67.